The maximum absolute atomic E-state index is 12.1. The van der Waals surface area contributed by atoms with Crippen molar-refractivity contribution in [1.82, 2.24) is 36.3 Å². The van der Waals surface area contributed by atoms with Gasteiger partial charge in [-0.1, -0.05) is 24.5 Å². The van der Waals surface area contributed by atoms with Gasteiger partial charge in [-0.25, -0.2) is 0 Å². The van der Waals surface area contributed by atoms with E-state index in [1.54, 1.807) is 17.9 Å². The van der Waals surface area contributed by atoms with E-state index in [1.807, 2.05) is 11.8 Å². The summed E-state index contributed by atoms with van der Waals surface area (Å²) in [7, 11) is 1.79. The van der Waals surface area contributed by atoms with E-state index in [1.165, 1.54) is 0 Å². The minimum absolute atomic E-state index is 0.00126. The van der Waals surface area contributed by atoms with Gasteiger partial charge in [-0.3, -0.25) is 23.9 Å². The maximum atomic E-state index is 12.1. The second-order valence-corrected chi connectivity index (χ2v) is 11.9. The van der Waals surface area contributed by atoms with Gasteiger partial charge in [0.05, 0.1) is 6.54 Å². The monoisotopic (exact) mass is 563 g/mol. The molecule has 0 aromatic carbocycles. The number of nitrogens with one attached hydrogen (secondary N) is 4. The van der Waals surface area contributed by atoms with Gasteiger partial charge in [0.2, 0.25) is 23.6 Å². The summed E-state index contributed by atoms with van der Waals surface area (Å²) in [4.78, 5) is 47.5. The van der Waals surface area contributed by atoms with Crippen LogP contribution >= 0.6 is 11.8 Å². The predicted molar refractivity (Wildman–Crippen MR) is 151 cm³/mol. The molecule has 2 aliphatic rings. The molecule has 0 radical (unpaired) electrons. The highest BCUT2D eigenvalue weighted by atomic mass is 32.2. The van der Waals surface area contributed by atoms with Crippen LogP contribution in [0.3, 0.4) is 0 Å². The maximum Gasteiger partial charge on any atom is 0.220 e. The standard InChI is InChI=1S/C27H45N7O4S/c1-34-18-21(32-33-34)17-30-25(37)12-5-3-9-14-28-23(35)11-4-2-8-15-29-24(36)13-7-6-10-22-27-20(19-39-22)16-26(38)31-27/h18,20,22,27H,2-17,19H2,1H3,(H,28,35)(H,29,36)(H,30,37)(H,31,38). The van der Waals surface area contributed by atoms with E-state index in [9.17, 15) is 19.2 Å². The van der Waals surface area contributed by atoms with Crippen LogP contribution in [-0.4, -0.2) is 68.8 Å². The molecule has 3 unspecified atom stereocenters. The van der Waals surface area contributed by atoms with Gasteiger partial charge in [0.25, 0.3) is 0 Å². The fraction of sp³-hybridized carbons (Fsp3) is 0.778. The molecular formula is C27H45N7O4S. The molecule has 4 N–H and O–H groups in total. The van der Waals surface area contributed by atoms with Crippen LogP contribution in [0.4, 0.5) is 0 Å². The van der Waals surface area contributed by atoms with E-state index in [4.69, 9.17) is 0 Å². The molecule has 3 rings (SSSR count). The average molecular weight is 564 g/mol. The number of carbonyl (C=O) groups is 4. The molecule has 2 aliphatic heterocycles. The van der Waals surface area contributed by atoms with Crippen molar-refractivity contribution < 1.29 is 19.2 Å². The number of thioether (sulfide) groups is 1. The highest BCUT2D eigenvalue weighted by Crippen LogP contribution is 2.39. The van der Waals surface area contributed by atoms with Crippen molar-refractivity contribution in [2.75, 3.05) is 18.8 Å². The number of hydrogen-bond donors (Lipinski definition) is 4. The largest absolute Gasteiger partial charge is 0.356 e. The zero-order chi connectivity index (χ0) is 27.9. The van der Waals surface area contributed by atoms with Gasteiger partial charge in [-0.05, 0) is 50.2 Å². The number of carbonyl (C=O) groups excluding carboxylic acids is 4. The second kappa shape index (κ2) is 17.1. The van der Waals surface area contributed by atoms with Gasteiger partial charge in [-0.15, -0.1) is 5.10 Å². The first-order valence-corrected chi connectivity index (χ1v) is 15.5. The number of hydrogen-bond acceptors (Lipinski definition) is 7. The van der Waals surface area contributed by atoms with Crippen LogP contribution in [0.5, 0.6) is 0 Å². The lowest BCUT2D eigenvalue weighted by atomic mass is 9.97. The molecule has 0 bridgehead atoms. The van der Waals surface area contributed by atoms with Crippen molar-refractivity contribution in [2.45, 2.75) is 101 Å². The van der Waals surface area contributed by atoms with E-state index >= 15 is 0 Å². The Kier molecular flexibility index (Phi) is 13.6. The summed E-state index contributed by atoms with van der Waals surface area (Å²) in [6.07, 6.45) is 12.0. The van der Waals surface area contributed by atoms with E-state index < -0.39 is 0 Å². The summed E-state index contributed by atoms with van der Waals surface area (Å²) in [5.74, 6) is 1.92. The first-order chi connectivity index (χ1) is 18.9. The summed E-state index contributed by atoms with van der Waals surface area (Å²) < 4.78 is 1.60. The van der Waals surface area contributed by atoms with Crippen LogP contribution in [-0.2, 0) is 32.8 Å². The highest BCUT2D eigenvalue weighted by Gasteiger charge is 2.42. The molecule has 0 spiro atoms. The van der Waals surface area contributed by atoms with E-state index in [2.05, 4.69) is 31.6 Å². The molecule has 39 heavy (non-hydrogen) atoms. The number of nitrogens with zero attached hydrogens (tertiary/aromatic N) is 3. The summed E-state index contributed by atoms with van der Waals surface area (Å²) in [6, 6.07) is 0.338. The Morgan fingerprint density at radius 1 is 0.923 bits per heavy atom. The van der Waals surface area contributed by atoms with Crippen LogP contribution in [0.1, 0.15) is 89.2 Å². The van der Waals surface area contributed by atoms with Gasteiger partial charge >= 0.3 is 0 Å². The first kappa shape index (κ1) is 30.9. The SMILES string of the molecule is Cn1cc(CNC(=O)CCCCCNC(=O)CCCCCNC(=O)CCCCC2SCC3CC(=O)NC32)nn1. The molecule has 12 heteroatoms. The minimum Gasteiger partial charge on any atom is -0.356 e. The lowest BCUT2D eigenvalue weighted by Gasteiger charge is -2.17. The molecule has 2 saturated heterocycles. The minimum atomic E-state index is -0.00126. The Bertz CT molecular complexity index is 941. The van der Waals surface area contributed by atoms with E-state index in [0.29, 0.717) is 62.5 Å². The molecule has 11 nitrogen and oxygen atoms in total. The number of aryl methyl sites for hydroxylation is 1. The van der Waals surface area contributed by atoms with Crippen LogP contribution < -0.4 is 21.3 Å². The summed E-state index contributed by atoms with van der Waals surface area (Å²) in [5.41, 5.74) is 0.735. The van der Waals surface area contributed by atoms with Crippen molar-refractivity contribution in [2.24, 2.45) is 13.0 Å². The van der Waals surface area contributed by atoms with Gasteiger partial charge in [0, 0.05) is 63.3 Å². The molecular weight excluding hydrogens is 518 g/mol. The third-order valence-electron chi connectivity index (χ3n) is 7.27. The molecule has 0 aliphatic carbocycles. The lowest BCUT2D eigenvalue weighted by molar-refractivity contribution is -0.122. The third-order valence-corrected chi connectivity index (χ3v) is 8.85. The van der Waals surface area contributed by atoms with Crippen LogP contribution in [0.25, 0.3) is 0 Å². The molecule has 1 aromatic rings. The number of rotatable bonds is 19. The fourth-order valence-corrected chi connectivity index (χ4v) is 6.74. The Hall–Kier alpha value is -2.63. The molecule has 0 saturated carbocycles. The molecule has 3 atom stereocenters. The van der Waals surface area contributed by atoms with Gasteiger partial charge in [-0.2, -0.15) is 11.8 Å². The summed E-state index contributed by atoms with van der Waals surface area (Å²) >= 11 is 1.97. The average Bonchev–Trinajstić information content (AvgIpc) is 3.60. The Morgan fingerprint density at radius 2 is 1.54 bits per heavy atom. The molecule has 1 aromatic heterocycles. The Balaban J connectivity index is 1.05. The van der Waals surface area contributed by atoms with Crippen molar-refractivity contribution in [1.29, 1.82) is 0 Å². The second-order valence-electron chi connectivity index (χ2n) is 10.7. The number of aromatic nitrogens is 3. The number of unbranched alkanes of at least 4 members (excludes halogenated alkanes) is 5. The molecule has 3 heterocycles. The zero-order valence-corrected chi connectivity index (χ0v) is 24.0. The zero-order valence-electron chi connectivity index (χ0n) is 23.2. The Morgan fingerprint density at radius 3 is 2.15 bits per heavy atom. The fourth-order valence-electron chi connectivity index (χ4n) is 5.09. The topological polar surface area (TPSA) is 147 Å². The number of amides is 4. The van der Waals surface area contributed by atoms with Gasteiger partial charge in [0.15, 0.2) is 0 Å². The van der Waals surface area contributed by atoms with Gasteiger partial charge in [0.1, 0.15) is 5.69 Å². The normalized spacial score (nSPS) is 19.9. The number of fused-ring (bicyclic) bond motifs is 1. The van der Waals surface area contributed by atoms with Crippen molar-refractivity contribution in [3.8, 4) is 0 Å². The molecule has 218 valence electrons. The quantitative estimate of drug-likeness (QED) is 0.188. The first-order valence-electron chi connectivity index (χ1n) is 14.5. The molecule has 2 fully saturated rings. The molecule has 4 amide bonds. The summed E-state index contributed by atoms with van der Waals surface area (Å²) in [6.45, 7) is 1.67. The highest BCUT2D eigenvalue weighted by molar-refractivity contribution is 8.00. The lowest BCUT2D eigenvalue weighted by Crippen LogP contribution is -2.34. The summed E-state index contributed by atoms with van der Waals surface area (Å²) in [5, 5.41) is 20.1. The Labute approximate surface area is 235 Å². The van der Waals surface area contributed by atoms with E-state index in [-0.39, 0.29) is 23.6 Å². The van der Waals surface area contributed by atoms with E-state index in [0.717, 1.165) is 69.2 Å². The third kappa shape index (κ3) is 12.0. The van der Waals surface area contributed by atoms with Crippen LogP contribution in [0.2, 0.25) is 0 Å². The van der Waals surface area contributed by atoms with Crippen LogP contribution in [0, 0.1) is 5.92 Å². The van der Waals surface area contributed by atoms with Crippen molar-refractivity contribution >= 4 is 35.4 Å². The van der Waals surface area contributed by atoms with Crippen molar-refractivity contribution in [3.63, 3.8) is 0 Å². The smallest absolute Gasteiger partial charge is 0.220 e. The van der Waals surface area contributed by atoms with Crippen LogP contribution in [0.15, 0.2) is 6.20 Å². The van der Waals surface area contributed by atoms with Crippen molar-refractivity contribution in [3.05, 3.63) is 11.9 Å². The van der Waals surface area contributed by atoms with Gasteiger partial charge < -0.3 is 21.3 Å². The predicted octanol–water partition coefficient (Wildman–Crippen LogP) is 1.97.